The van der Waals surface area contributed by atoms with Gasteiger partial charge in [-0.1, -0.05) is 29.4 Å². The average Bonchev–Trinajstić information content (AvgIpc) is 3.11. The number of fused-ring (bicyclic) bond motifs is 1. The van der Waals surface area contributed by atoms with Gasteiger partial charge in [0.15, 0.2) is 0 Å². The van der Waals surface area contributed by atoms with Crippen molar-refractivity contribution in [3.05, 3.63) is 69.9 Å². The zero-order chi connectivity index (χ0) is 18.3. The average molecular weight is 346 g/mol. The van der Waals surface area contributed by atoms with Crippen LogP contribution in [0.25, 0.3) is 33.7 Å². The van der Waals surface area contributed by atoms with Gasteiger partial charge in [-0.05, 0) is 32.0 Å². The van der Waals surface area contributed by atoms with Crippen LogP contribution in [0.4, 0.5) is 5.69 Å². The summed E-state index contributed by atoms with van der Waals surface area (Å²) in [6.45, 7) is 3.59. The minimum atomic E-state index is -0.421. The summed E-state index contributed by atoms with van der Waals surface area (Å²) in [5.74, 6) is 0.659. The number of hydrogen-bond donors (Lipinski definition) is 0. The zero-order valence-electron chi connectivity index (χ0n) is 14.1. The lowest BCUT2D eigenvalue weighted by atomic mass is 10.1. The summed E-state index contributed by atoms with van der Waals surface area (Å²) in [5.41, 5.74) is 3.61. The first-order valence-corrected chi connectivity index (χ1v) is 7.99. The first kappa shape index (κ1) is 15.9. The Kier molecular flexibility index (Phi) is 3.69. The molecule has 0 aliphatic rings. The van der Waals surface area contributed by atoms with Crippen molar-refractivity contribution >= 4 is 16.6 Å². The van der Waals surface area contributed by atoms with Gasteiger partial charge < -0.3 is 4.52 Å². The van der Waals surface area contributed by atoms with Crippen molar-refractivity contribution in [3.63, 3.8) is 0 Å². The molecule has 0 saturated heterocycles. The summed E-state index contributed by atoms with van der Waals surface area (Å²) >= 11 is 0. The topological polar surface area (TPSA) is 95.0 Å². The summed E-state index contributed by atoms with van der Waals surface area (Å²) in [4.78, 5) is 19.7. The van der Waals surface area contributed by atoms with E-state index in [0.29, 0.717) is 17.0 Å². The van der Waals surface area contributed by atoms with Crippen LogP contribution < -0.4 is 0 Å². The maximum Gasteiger partial charge on any atom is 0.273 e. The lowest BCUT2D eigenvalue weighted by molar-refractivity contribution is -0.385. The van der Waals surface area contributed by atoms with Crippen molar-refractivity contribution in [2.45, 2.75) is 13.8 Å². The summed E-state index contributed by atoms with van der Waals surface area (Å²) in [6, 6.07) is 14.5. The highest BCUT2D eigenvalue weighted by Gasteiger charge is 2.17. The summed E-state index contributed by atoms with van der Waals surface area (Å²) in [7, 11) is 0. The molecule has 0 aliphatic carbocycles. The predicted molar refractivity (Wildman–Crippen MR) is 96.6 cm³/mol. The van der Waals surface area contributed by atoms with Gasteiger partial charge in [-0.25, -0.2) is 0 Å². The second-order valence-electron chi connectivity index (χ2n) is 6.01. The Morgan fingerprint density at radius 3 is 2.65 bits per heavy atom. The van der Waals surface area contributed by atoms with Crippen molar-refractivity contribution in [1.29, 1.82) is 0 Å². The Balaban J connectivity index is 1.83. The van der Waals surface area contributed by atoms with E-state index in [1.165, 1.54) is 6.07 Å². The molecule has 0 aliphatic heterocycles. The smallest absolute Gasteiger partial charge is 0.273 e. The van der Waals surface area contributed by atoms with Gasteiger partial charge in [-0.15, -0.1) is 0 Å². The molecule has 0 fully saturated rings. The Hall–Kier alpha value is -3.61. The molecule has 128 valence electrons. The number of aromatic nitrogens is 3. The Morgan fingerprint density at radius 2 is 1.85 bits per heavy atom. The number of nitro groups is 1. The van der Waals surface area contributed by atoms with Crippen LogP contribution in [0.3, 0.4) is 0 Å². The van der Waals surface area contributed by atoms with Crippen LogP contribution in [-0.2, 0) is 0 Å². The maximum absolute atomic E-state index is 11.1. The van der Waals surface area contributed by atoms with Gasteiger partial charge in [0.25, 0.3) is 11.6 Å². The Morgan fingerprint density at radius 1 is 1.04 bits per heavy atom. The maximum atomic E-state index is 11.1. The van der Waals surface area contributed by atoms with Crippen molar-refractivity contribution in [2.75, 3.05) is 0 Å². The fraction of sp³-hybridized carbons (Fsp3) is 0.105. The first-order chi connectivity index (χ1) is 12.5. The van der Waals surface area contributed by atoms with E-state index in [1.54, 1.807) is 19.1 Å². The predicted octanol–water partition coefficient (Wildman–Crippen LogP) is 4.48. The van der Waals surface area contributed by atoms with Crippen molar-refractivity contribution in [1.82, 2.24) is 15.1 Å². The summed E-state index contributed by atoms with van der Waals surface area (Å²) < 4.78 is 5.36. The third-order valence-corrected chi connectivity index (χ3v) is 4.16. The van der Waals surface area contributed by atoms with Crippen LogP contribution in [-0.4, -0.2) is 20.0 Å². The highest BCUT2D eigenvalue weighted by atomic mass is 16.6. The van der Waals surface area contributed by atoms with Crippen LogP contribution in [0.15, 0.2) is 53.1 Å². The highest BCUT2D eigenvalue weighted by Crippen LogP contribution is 2.30. The molecule has 2 aromatic heterocycles. The molecule has 0 saturated carbocycles. The molecule has 7 heteroatoms. The molecule has 0 bridgehead atoms. The van der Waals surface area contributed by atoms with Gasteiger partial charge in [0.2, 0.25) is 5.82 Å². The second kappa shape index (κ2) is 6.03. The molecule has 0 N–H and O–H groups in total. The normalized spacial score (nSPS) is 11.0. The van der Waals surface area contributed by atoms with Crippen LogP contribution in [0.1, 0.15) is 11.3 Å². The van der Waals surface area contributed by atoms with E-state index >= 15 is 0 Å². The zero-order valence-corrected chi connectivity index (χ0v) is 14.1. The van der Waals surface area contributed by atoms with Crippen LogP contribution in [0.2, 0.25) is 0 Å². The number of para-hydroxylation sites is 1. The molecule has 7 nitrogen and oxygen atoms in total. The molecule has 26 heavy (non-hydrogen) atoms. The number of rotatable bonds is 3. The van der Waals surface area contributed by atoms with E-state index in [1.807, 2.05) is 37.3 Å². The fourth-order valence-corrected chi connectivity index (χ4v) is 2.88. The van der Waals surface area contributed by atoms with Crippen LogP contribution in [0.5, 0.6) is 0 Å². The number of hydrogen-bond acceptors (Lipinski definition) is 6. The quantitative estimate of drug-likeness (QED) is 0.401. The van der Waals surface area contributed by atoms with E-state index in [0.717, 1.165) is 22.2 Å². The number of benzene rings is 2. The van der Waals surface area contributed by atoms with Crippen LogP contribution >= 0.6 is 0 Å². The van der Waals surface area contributed by atoms with E-state index in [-0.39, 0.29) is 11.6 Å². The molecular weight excluding hydrogens is 332 g/mol. The molecule has 0 amide bonds. The Bertz CT molecular complexity index is 1150. The molecule has 0 spiro atoms. The minimum Gasteiger partial charge on any atom is -0.334 e. The van der Waals surface area contributed by atoms with E-state index in [4.69, 9.17) is 4.52 Å². The number of pyridine rings is 1. The standard InChI is InChI=1S/C19H14N4O3/c1-11-7-8-13(10-17(11)23(24)25)19-21-18(22-26-19)15-9-12(2)20-16-6-4-3-5-14(15)16/h3-10H,1-2H3. The van der Waals surface area contributed by atoms with Crippen LogP contribution in [0, 0.1) is 24.0 Å². The SMILES string of the molecule is Cc1cc(-c2noc(-c3ccc(C)c([N+](=O)[O-])c3)n2)c2ccccc2n1. The van der Waals surface area contributed by atoms with Gasteiger partial charge in [0.05, 0.1) is 10.4 Å². The fourth-order valence-electron chi connectivity index (χ4n) is 2.88. The minimum absolute atomic E-state index is 0.0208. The number of aryl methyl sites for hydroxylation is 2. The molecule has 2 aromatic carbocycles. The van der Waals surface area contributed by atoms with Gasteiger partial charge in [0.1, 0.15) is 0 Å². The van der Waals surface area contributed by atoms with Crippen molar-refractivity contribution in [2.24, 2.45) is 0 Å². The third kappa shape index (κ3) is 2.69. The van der Waals surface area contributed by atoms with Gasteiger partial charge in [-0.3, -0.25) is 15.1 Å². The van der Waals surface area contributed by atoms with E-state index in [2.05, 4.69) is 15.1 Å². The molecule has 0 atom stereocenters. The highest BCUT2D eigenvalue weighted by molar-refractivity contribution is 5.92. The molecule has 2 heterocycles. The summed E-state index contributed by atoms with van der Waals surface area (Å²) in [6.07, 6.45) is 0. The molecule has 4 aromatic rings. The lowest BCUT2D eigenvalue weighted by Gasteiger charge is -2.03. The summed E-state index contributed by atoms with van der Waals surface area (Å²) in [5, 5.41) is 16.1. The largest absolute Gasteiger partial charge is 0.334 e. The van der Waals surface area contributed by atoms with E-state index in [9.17, 15) is 10.1 Å². The van der Waals surface area contributed by atoms with Gasteiger partial charge in [0, 0.05) is 33.8 Å². The molecule has 0 radical (unpaired) electrons. The van der Waals surface area contributed by atoms with E-state index < -0.39 is 4.92 Å². The monoisotopic (exact) mass is 346 g/mol. The molecule has 0 unspecified atom stereocenters. The molecule has 4 rings (SSSR count). The van der Waals surface area contributed by atoms with Gasteiger partial charge >= 0.3 is 0 Å². The Labute approximate surface area is 148 Å². The third-order valence-electron chi connectivity index (χ3n) is 4.16. The van der Waals surface area contributed by atoms with Crippen molar-refractivity contribution in [3.8, 4) is 22.8 Å². The lowest BCUT2D eigenvalue weighted by Crippen LogP contribution is -1.92. The molecular formula is C19H14N4O3. The van der Waals surface area contributed by atoms with Crippen molar-refractivity contribution < 1.29 is 9.45 Å². The second-order valence-corrected chi connectivity index (χ2v) is 6.01. The first-order valence-electron chi connectivity index (χ1n) is 7.99. The number of nitrogens with zero attached hydrogens (tertiary/aromatic N) is 4. The number of nitro benzene ring substituents is 1. The van der Waals surface area contributed by atoms with Gasteiger partial charge in [-0.2, -0.15) is 4.98 Å².